The van der Waals surface area contributed by atoms with E-state index in [0.29, 0.717) is 11.8 Å². The predicted octanol–water partition coefficient (Wildman–Crippen LogP) is 9.39. The number of H-pyrrole nitrogens is 1. The third-order valence-corrected chi connectivity index (χ3v) is 8.70. The van der Waals surface area contributed by atoms with Gasteiger partial charge in [-0.3, -0.25) is 4.99 Å². The number of aromatic amines is 1. The Balaban J connectivity index is 1.47. The fourth-order valence-electron chi connectivity index (χ4n) is 5.30. The number of thiophene rings is 1. The molecule has 0 unspecified atom stereocenters. The molecule has 0 amide bonds. The highest BCUT2D eigenvalue weighted by molar-refractivity contribution is 7.18. The van der Waals surface area contributed by atoms with Gasteiger partial charge in [-0.2, -0.15) is 0 Å². The van der Waals surface area contributed by atoms with Crippen molar-refractivity contribution in [3.8, 4) is 22.4 Å². The van der Waals surface area contributed by atoms with Crippen molar-refractivity contribution in [1.29, 1.82) is 0 Å². The van der Waals surface area contributed by atoms with Gasteiger partial charge < -0.3 is 4.98 Å². The average Bonchev–Trinajstić information content (AvgIpc) is 3.53. The lowest BCUT2D eigenvalue weighted by Gasteiger charge is -2.17. The van der Waals surface area contributed by atoms with E-state index in [1.54, 1.807) is 0 Å². The molecule has 0 radical (unpaired) electrons. The topological polar surface area (TPSA) is 41.0 Å². The van der Waals surface area contributed by atoms with E-state index in [-0.39, 0.29) is 0 Å². The van der Waals surface area contributed by atoms with E-state index in [2.05, 4.69) is 94.4 Å². The van der Waals surface area contributed by atoms with Gasteiger partial charge in [0.2, 0.25) is 0 Å². The molecule has 0 spiro atoms. The second-order valence-corrected chi connectivity index (χ2v) is 11.7. The standard InChI is InChI=1S/C32H33N3S/c1-17(2)20(6)33-29-19(5)24-10-7-22(16-27(24)31-26(29)13-14-36-31)21-8-11-25-23(15-21)9-12-28-30(25)35-32(34-28)18(3)4/h7-8,10-11,13-18H,9,12H2,1-6H3,(H,34,35). The maximum atomic E-state index is 5.08. The zero-order chi connectivity index (χ0) is 25.1. The Morgan fingerprint density at radius 3 is 2.50 bits per heavy atom. The maximum absolute atomic E-state index is 5.08. The molecule has 2 aromatic heterocycles. The Kier molecular flexibility index (Phi) is 5.60. The van der Waals surface area contributed by atoms with Crippen LogP contribution in [0, 0.1) is 12.8 Å². The minimum Gasteiger partial charge on any atom is -0.345 e. The van der Waals surface area contributed by atoms with E-state index < -0.39 is 0 Å². The maximum Gasteiger partial charge on any atom is 0.109 e. The number of hydrogen-bond donors (Lipinski definition) is 1. The second-order valence-electron chi connectivity index (χ2n) is 10.8. The van der Waals surface area contributed by atoms with Gasteiger partial charge in [0, 0.05) is 38.4 Å². The van der Waals surface area contributed by atoms with Gasteiger partial charge in [-0.05, 0) is 77.8 Å². The molecule has 6 rings (SSSR count). The van der Waals surface area contributed by atoms with Crippen molar-refractivity contribution in [3.63, 3.8) is 0 Å². The second kappa shape index (κ2) is 8.70. The fraction of sp³-hybridized carbons (Fsp3) is 0.312. The van der Waals surface area contributed by atoms with Crippen LogP contribution in [0.15, 0.2) is 52.8 Å². The largest absolute Gasteiger partial charge is 0.345 e. The first-order valence-corrected chi connectivity index (χ1v) is 13.9. The van der Waals surface area contributed by atoms with Crippen molar-refractivity contribution >= 4 is 43.6 Å². The molecule has 0 bridgehead atoms. The average molecular weight is 492 g/mol. The van der Waals surface area contributed by atoms with E-state index in [1.807, 2.05) is 11.3 Å². The van der Waals surface area contributed by atoms with E-state index in [9.17, 15) is 0 Å². The molecule has 0 atom stereocenters. The van der Waals surface area contributed by atoms with Crippen LogP contribution in [0.5, 0.6) is 0 Å². The molecule has 36 heavy (non-hydrogen) atoms. The van der Waals surface area contributed by atoms with Gasteiger partial charge in [-0.15, -0.1) is 11.3 Å². The van der Waals surface area contributed by atoms with Crippen LogP contribution in [0.2, 0.25) is 0 Å². The van der Waals surface area contributed by atoms with Gasteiger partial charge in [0.25, 0.3) is 0 Å². The number of imidazole rings is 1. The molecule has 0 saturated carbocycles. The monoisotopic (exact) mass is 491 g/mol. The molecular formula is C32H33N3S. The van der Waals surface area contributed by atoms with Crippen LogP contribution in [-0.2, 0) is 12.8 Å². The summed E-state index contributed by atoms with van der Waals surface area (Å²) in [5, 5.41) is 6.08. The molecule has 3 aromatic carbocycles. The summed E-state index contributed by atoms with van der Waals surface area (Å²) < 4.78 is 1.33. The highest BCUT2D eigenvalue weighted by Gasteiger charge is 2.22. The summed E-state index contributed by atoms with van der Waals surface area (Å²) in [6, 6.07) is 16.1. The zero-order valence-corrected chi connectivity index (χ0v) is 22.8. The van der Waals surface area contributed by atoms with Gasteiger partial charge in [0.15, 0.2) is 0 Å². The van der Waals surface area contributed by atoms with Crippen molar-refractivity contribution in [1.82, 2.24) is 9.97 Å². The van der Waals surface area contributed by atoms with Crippen molar-refractivity contribution in [2.75, 3.05) is 0 Å². The van der Waals surface area contributed by atoms with Crippen molar-refractivity contribution in [2.45, 2.75) is 60.3 Å². The predicted molar refractivity (Wildman–Crippen MR) is 156 cm³/mol. The van der Waals surface area contributed by atoms with E-state index in [0.717, 1.165) is 30.0 Å². The molecule has 0 aliphatic heterocycles. The van der Waals surface area contributed by atoms with Crippen LogP contribution in [0.25, 0.3) is 43.2 Å². The minimum atomic E-state index is 0.411. The lowest BCUT2D eigenvalue weighted by atomic mass is 9.89. The van der Waals surface area contributed by atoms with Gasteiger partial charge in [-0.1, -0.05) is 58.0 Å². The smallest absolute Gasteiger partial charge is 0.109 e. The van der Waals surface area contributed by atoms with E-state index in [1.165, 1.54) is 60.1 Å². The van der Waals surface area contributed by atoms with Crippen LogP contribution in [0.3, 0.4) is 0 Å². The molecule has 1 aliphatic rings. The van der Waals surface area contributed by atoms with Crippen LogP contribution in [-0.4, -0.2) is 15.7 Å². The highest BCUT2D eigenvalue weighted by Crippen LogP contribution is 2.43. The number of nitrogens with one attached hydrogen (secondary N) is 1. The lowest BCUT2D eigenvalue weighted by molar-refractivity contribution is 0.787. The van der Waals surface area contributed by atoms with E-state index >= 15 is 0 Å². The molecule has 0 saturated heterocycles. The van der Waals surface area contributed by atoms with Gasteiger partial charge in [0.05, 0.1) is 11.4 Å². The van der Waals surface area contributed by atoms with Gasteiger partial charge in [0.1, 0.15) is 5.82 Å². The normalized spacial score (nSPS) is 13.7. The molecule has 1 N–H and O–H groups in total. The highest BCUT2D eigenvalue weighted by atomic mass is 32.1. The number of aliphatic imine (C=N–C) groups is 1. The Hall–Kier alpha value is -3.24. The number of rotatable bonds is 4. The minimum absolute atomic E-state index is 0.411. The first-order chi connectivity index (χ1) is 17.3. The van der Waals surface area contributed by atoms with Crippen LogP contribution < -0.4 is 0 Å². The Labute approximate surface area is 217 Å². The summed E-state index contributed by atoms with van der Waals surface area (Å²) in [5.41, 5.74) is 11.2. The zero-order valence-electron chi connectivity index (χ0n) is 22.0. The first-order valence-electron chi connectivity index (χ1n) is 13.0. The lowest BCUT2D eigenvalue weighted by Crippen LogP contribution is -2.03. The Morgan fingerprint density at radius 1 is 0.944 bits per heavy atom. The molecule has 1 aliphatic carbocycles. The van der Waals surface area contributed by atoms with Gasteiger partial charge >= 0.3 is 0 Å². The molecule has 2 heterocycles. The number of aryl methyl sites for hydroxylation is 3. The Bertz CT molecular complexity index is 1660. The fourth-order valence-corrected chi connectivity index (χ4v) is 6.23. The number of benzene rings is 3. The summed E-state index contributed by atoms with van der Waals surface area (Å²) >= 11 is 1.82. The molecule has 4 heteroatoms. The van der Waals surface area contributed by atoms with E-state index in [4.69, 9.17) is 9.98 Å². The van der Waals surface area contributed by atoms with Crippen molar-refractivity contribution in [3.05, 3.63) is 70.5 Å². The van der Waals surface area contributed by atoms with Crippen molar-refractivity contribution < 1.29 is 0 Å². The van der Waals surface area contributed by atoms with Crippen molar-refractivity contribution in [2.24, 2.45) is 10.9 Å². The molecule has 5 aromatic rings. The summed E-state index contributed by atoms with van der Waals surface area (Å²) in [5.74, 6) is 1.94. The summed E-state index contributed by atoms with van der Waals surface area (Å²) in [6.45, 7) is 13.2. The van der Waals surface area contributed by atoms with Crippen LogP contribution in [0.4, 0.5) is 5.69 Å². The quantitative estimate of drug-likeness (QED) is 0.250. The Morgan fingerprint density at radius 2 is 1.72 bits per heavy atom. The number of nitrogens with zero attached hydrogens (tertiary/aromatic N) is 2. The SMILES string of the molecule is CC(=Nc1c(C)c2ccc(-c3ccc4c(c3)CCc3[nH]c(C(C)C)nc3-4)cc2c2sccc12)C(C)C. The third-order valence-electron chi connectivity index (χ3n) is 7.75. The summed E-state index contributed by atoms with van der Waals surface area (Å²) in [7, 11) is 0. The number of aromatic nitrogens is 2. The van der Waals surface area contributed by atoms with Gasteiger partial charge in [-0.25, -0.2) is 4.98 Å². The van der Waals surface area contributed by atoms with Crippen LogP contribution in [0.1, 0.15) is 63.2 Å². The van der Waals surface area contributed by atoms with Crippen LogP contribution >= 0.6 is 11.3 Å². The third kappa shape index (κ3) is 3.70. The summed E-state index contributed by atoms with van der Waals surface area (Å²) in [4.78, 5) is 13.6. The molecule has 182 valence electrons. The molecule has 0 fully saturated rings. The first kappa shape index (κ1) is 23.2. The summed E-state index contributed by atoms with van der Waals surface area (Å²) in [6.07, 6.45) is 2.08. The molecular weight excluding hydrogens is 458 g/mol. The molecule has 3 nitrogen and oxygen atoms in total. The number of hydrogen-bond acceptors (Lipinski definition) is 3. The number of fused-ring (bicyclic) bond motifs is 6.